The summed E-state index contributed by atoms with van der Waals surface area (Å²) in [5, 5.41) is 0. The summed E-state index contributed by atoms with van der Waals surface area (Å²) in [6.45, 7) is 1.34. The third-order valence-corrected chi connectivity index (χ3v) is 8.12. The van der Waals surface area contributed by atoms with Crippen molar-refractivity contribution < 1.29 is 8.42 Å². The van der Waals surface area contributed by atoms with Gasteiger partial charge in [0.15, 0.2) is 0 Å². The molecule has 2 fully saturated rings. The molecule has 3 rings (SSSR count). The summed E-state index contributed by atoms with van der Waals surface area (Å²) in [4.78, 5) is 0.367. The van der Waals surface area contributed by atoms with Crippen molar-refractivity contribution in [1.29, 1.82) is 0 Å². The molecule has 0 N–H and O–H groups in total. The fourth-order valence-electron chi connectivity index (χ4n) is 3.60. The third kappa shape index (κ3) is 3.23. The Morgan fingerprint density at radius 2 is 1.76 bits per heavy atom. The van der Waals surface area contributed by atoms with Crippen LogP contribution in [0.15, 0.2) is 32.0 Å². The first kappa shape index (κ1) is 16.0. The highest BCUT2D eigenvalue weighted by molar-refractivity contribution is 9.11. The zero-order chi connectivity index (χ0) is 15.0. The van der Waals surface area contributed by atoms with Crippen LogP contribution in [-0.4, -0.2) is 25.8 Å². The Bertz CT molecular complexity index is 633. The van der Waals surface area contributed by atoms with E-state index < -0.39 is 10.0 Å². The van der Waals surface area contributed by atoms with Crippen LogP contribution in [0.2, 0.25) is 0 Å². The normalized spacial score (nSPS) is 27.3. The highest BCUT2D eigenvalue weighted by Crippen LogP contribution is 2.38. The van der Waals surface area contributed by atoms with Crippen LogP contribution in [0.4, 0.5) is 0 Å². The highest BCUT2D eigenvalue weighted by atomic mass is 79.9. The first-order valence-corrected chi connectivity index (χ1v) is 10.5. The predicted octanol–water partition coefficient (Wildman–Crippen LogP) is 4.41. The number of piperidine rings is 1. The molecule has 1 saturated carbocycles. The van der Waals surface area contributed by atoms with Gasteiger partial charge in [-0.2, -0.15) is 4.31 Å². The van der Waals surface area contributed by atoms with Crippen molar-refractivity contribution in [1.82, 2.24) is 4.31 Å². The van der Waals surface area contributed by atoms with Crippen molar-refractivity contribution in [3.63, 3.8) is 0 Å². The van der Waals surface area contributed by atoms with Crippen molar-refractivity contribution in [2.24, 2.45) is 11.8 Å². The monoisotopic (exact) mass is 435 g/mol. The van der Waals surface area contributed by atoms with Crippen molar-refractivity contribution in [3.05, 3.63) is 27.1 Å². The molecule has 0 amide bonds. The summed E-state index contributed by atoms with van der Waals surface area (Å²) >= 11 is 6.74. The predicted molar refractivity (Wildman–Crippen MR) is 90.7 cm³/mol. The van der Waals surface area contributed by atoms with E-state index in [9.17, 15) is 8.42 Å². The van der Waals surface area contributed by atoms with Gasteiger partial charge in [0, 0.05) is 22.0 Å². The van der Waals surface area contributed by atoms with Gasteiger partial charge in [0.2, 0.25) is 10.0 Å². The van der Waals surface area contributed by atoms with Gasteiger partial charge < -0.3 is 0 Å². The molecule has 1 aliphatic carbocycles. The van der Waals surface area contributed by atoms with Gasteiger partial charge in [-0.25, -0.2) is 8.42 Å². The molecule has 0 radical (unpaired) electrons. The smallest absolute Gasteiger partial charge is 0.207 e. The Morgan fingerprint density at radius 1 is 1.05 bits per heavy atom. The minimum atomic E-state index is -3.41. The van der Waals surface area contributed by atoms with Crippen LogP contribution in [0.3, 0.4) is 0 Å². The average Bonchev–Trinajstić information content (AvgIpc) is 2.49. The van der Waals surface area contributed by atoms with E-state index in [1.165, 1.54) is 25.7 Å². The van der Waals surface area contributed by atoms with Crippen molar-refractivity contribution in [3.8, 4) is 0 Å². The Balaban J connectivity index is 1.86. The maximum absolute atomic E-state index is 12.9. The topological polar surface area (TPSA) is 37.4 Å². The SMILES string of the molecule is O=S(=O)(c1cc(Br)ccc1Br)N1CCC2CCCCC2C1. The molecule has 116 valence electrons. The maximum Gasteiger partial charge on any atom is 0.244 e. The molecule has 0 bridgehead atoms. The summed E-state index contributed by atoms with van der Waals surface area (Å²) in [6, 6.07) is 5.31. The summed E-state index contributed by atoms with van der Waals surface area (Å²) < 4.78 is 28.9. The lowest BCUT2D eigenvalue weighted by atomic mass is 9.76. The Kier molecular flexibility index (Phi) is 4.79. The Morgan fingerprint density at radius 3 is 2.52 bits per heavy atom. The molecule has 21 heavy (non-hydrogen) atoms. The van der Waals surface area contributed by atoms with Crippen LogP contribution >= 0.6 is 31.9 Å². The Hall–Kier alpha value is 0.0900. The quantitative estimate of drug-likeness (QED) is 0.688. The number of rotatable bonds is 2. The molecule has 1 aromatic rings. The largest absolute Gasteiger partial charge is 0.244 e. The van der Waals surface area contributed by atoms with Crippen LogP contribution in [0.25, 0.3) is 0 Å². The number of sulfonamides is 1. The van der Waals surface area contributed by atoms with Crippen molar-refractivity contribution in [2.75, 3.05) is 13.1 Å². The van der Waals surface area contributed by atoms with E-state index in [0.29, 0.717) is 28.4 Å². The lowest BCUT2D eigenvalue weighted by molar-refractivity contribution is 0.136. The van der Waals surface area contributed by atoms with E-state index in [1.807, 2.05) is 6.07 Å². The van der Waals surface area contributed by atoms with Crippen LogP contribution in [0, 0.1) is 11.8 Å². The molecular weight excluding hydrogens is 418 g/mol. The minimum Gasteiger partial charge on any atom is -0.207 e. The summed E-state index contributed by atoms with van der Waals surface area (Å²) in [6.07, 6.45) is 6.02. The average molecular weight is 437 g/mol. The molecule has 3 nitrogen and oxygen atoms in total. The zero-order valence-corrected chi connectivity index (χ0v) is 15.8. The highest BCUT2D eigenvalue weighted by Gasteiger charge is 2.37. The van der Waals surface area contributed by atoms with E-state index in [-0.39, 0.29) is 0 Å². The van der Waals surface area contributed by atoms with E-state index >= 15 is 0 Å². The molecule has 0 aromatic heterocycles. The van der Waals surface area contributed by atoms with Gasteiger partial charge in [0.05, 0.1) is 4.90 Å². The van der Waals surface area contributed by atoms with Crippen LogP contribution in [0.1, 0.15) is 32.1 Å². The number of nitrogens with zero attached hydrogens (tertiary/aromatic N) is 1. The number of benzene rings is 1. The molecule has 1 heterocycles. The minimum absolute atomic E-state index is 0.367. The molecule has 1 aromatic carbocycles. The fraction of sp³-hybridized carbons (Fsp3) is 0.600. The second-order valence-corrected chi connectivity index (χ2v) is 9.71. The van der Waals surface area contributed by atoms with Gasteiger partial charge in [0.1, 0.15) is 0 Å². The number of fused-ring (bicyclic) bond motifs is 1. The van der Waals surface area contributed by atoms with Crippen molar-refractivity contribution in [2.45, 2.75) is 37.0 Å². The number of hydrogen-bond acceptors (Lipinski definition) is 2. The van der Waals surface area contributed by atoms with Gasteiger partial charge in [-0.3, -0.25) is 0 Å². The fourth-order valence-corrected chi connectivity index (χ4v) is 6.57. The van der Waals surface area contributed by atoms with Crippen LogP contribution in [-0.2, 0) is 10.0 Å². The second-order valence-electron chi connectivity index (χ2n) is 6.03. The first-order valence-electron chi connectivity index (χ1n) is 7.43. The van der Waals surface area contributed by atoms with Crippen LogP contribution in [0.5, 0.6) is 0 Å². The third-order valence-electron chi connectivity index (χ3n) is 4.77. The summed E-state index contributed by atoms with van der Waals surface area (Å²) in [7, 11) is -3.41. The zero-order valence-electron chi connectivity index (χ0n) is 11.8. The van der Waals surface area contributed by atoms with E-state index in [4.69, 9.17) is 0 Å². The molecule has 1 aliphatic heterocycles. The summed E-state index contributed by atoms with van der Waals surface area (Å²) in [5.41, 5.74) is 0. The molecule has 2 atom stereocenters. The van der Waals surface area contributed by atoms with E-state index in [0.717, 1.165) is 16.8 Å². The molecular formula is C15H19Br2NO2S. The number of halogens is 2. The molecule has 2 aliphatic rings. The molecule has 2 unspecified atom stereocenters. The van der Waals surface area contributed by atoms with E-state index in [2.05, 4.69) is 31.9 Å². The number of hydrogen-bond donors (Lipinski definition) is 0. The second kappa shape index (κ2) is 6.30. The van der Waals surface area contributed by atoms with Gasteiger partial charge in [-0.1, -0.05) is 35.2 Å². The van der Waals surface area contributed by atoms with Crippen LogP contribution < -0.4 is 0 Å². The van der Waals surface area contributed by atoms with Gasteiger partial charge >= 0.3 is 0 Å². The lowest BCUT2D eigenvalue weighted by Gasteiger charge is -2.40. The maximum atomic E-state index is 12.9. The molecule has 0 spiro atoms. The molecule has 6 heteroatoms. The van der Waals surface area contributed by atoms with Gasteiger partial charge in [0.25, 0.3) is 0 Å². The van der Waals surface area contributed by atoms with Crippen molar-refractivity contribution >= 4 is 41.9 Å². The lowest BCUT2D eigenvalue weighted by Crippen LogP contribution is -2.44. The van der Waals surface area contributed by atoms with E-state index in [1.54, 1.807) is 16.4 Å². The molecule has 1 saturated heterocycles. The summed E-state index contributed by atoms with van der Waals surface area (Å²) in [5.74, 6) is 1.28. The van der Waals surface area contributed by atoms with Gasteiger partial charge in [-0.05, 0) is 58.8 Å². The van der Waals surface area contributed by atoms with Gasteiger partial charge in [-0.15, -0.1) is 0 Å². The Labute approximate surface area is 143 Å². The standard InChI is InChI=1S/C15H19Br2NO2S/c16-13-5-6-14(17)15(9-13)21(19,20)18-8-7-11-3-1-2-4-12(11)10-18/h5-6,9,11-12H,1-4,7-8,10H2. The first-order chi connectivity index (χ1) is 9.98.